The molecule has 1 saturated heterocycles. The molecule has 0 N–H and O–H groups in total. The van der Waals surface area contributed by atoms with Crippen molar-refractivity contribution in [3.8, 4) is 5.75 Å². The van der Waals surface area contributed by atoms with Gasteiger partial charge in [-0.3, -0.25) is 4.79 Å². The lowest BCUT2D eigenvalue weighted by Crippen LogP contribution is -2.31. The highest BCUT2D eigenvalue weighted by Gasteiger charge is 2.29. The Balaban J connectivity index is 1.43. The van der Waals surface area contributed by atoms with Crippen LogP contribution in [0.25, 0.3) is 10.8 Å². The van der Waals surface area contributed by atoms with Gasteiger partial charge in [0.15, 0.2) is 0 Å². The quantitative estimate of drug-likeness (QED) is 0.565. The van der Waals surface area contributed by atoms with Gasteiger partial charge in [0.1, 0.15) is 5.75 Å². The van der Waals surface area contributed by atoms with Gasteiger partial charge >= 0.3 is 0 Å². The molecule has 27 heavy (non-hydrogen) atoms. The molecule has 0 spiro atoms. The van der Waals surface area contributed by atoms with Crippen molar-refractivity contribution in [3.05, 3.63) is 72.3 Å². The van der Waals surface area contributed by atoms with Crippen LogP contribution in [0.4, 0.5) is 0 Å². The summed E-state index contributed by atoms with van der Waals surface area (Å²) in [4.78, 5) is 16.0. The number of carbonyl (C=O) groups excluding carboxylic acids is 1. The van der Waals surface area contributed by atoms with Gasteiger partial charge in [-0.05, 0) is 53.4 Å². The van der Waals surface area contributed by atoms with Crippen LogP contribution in [0.5, 0.6) is 5.75 Å². The largest absolute Gasteiger partial charge is 0.497 e. The standard InChI is InChI=1S/C23H23NO2S/c1-26-20-11-8-18(9-12-20)22-7-4-14-24(22)23(25)16-27-21-13-10-17-5-2-3-6-19(17)15-21/h2-3,5-6,8-13,15,22H,4,7,14,16H2,1H3/t22-/m1/s1. The third-order valence-corrected chi connectivity index (χ3v) is 6.14. The first kappa shape index (κ1) is 17.9. The Bertz CT molecular complexity index is 939. The molecule has 1 atom stereocenters. The first-order chi connectivity index (χ1) is 13.2. The second-order valence-electron chi connectivity index (χ2n) is 6.82. The normalized spacial score (nSPS) is 16.6. The third-order valence-electron chi connectivity index (χ3n) is 5.16. The maximum atomic E-state index is 12.9. The zero-order valence-corrected chi connectivity index (χ0v) is 16.2. The van der Waals surface area contributed by atoms with E-state index in [4.69, 9.17) is 4.74 Å². The SMILES string of the molecule is COc1ccc([C@H]2CCCN2C(=O)CSc2ccc3ccccc3c2)cc1. The molecule has 1 fully saturated rings. The fraction of sp³-hybridized carbons (Fsp3) is 0.261. The van der Waals surface area contributed by atoms with Crippen LogP contribution in [-0.4, -0.2) is 30.2 Å². The number of thioether (sulfide) groups is 1. The predicted molar refractivity (Wildman–Crippen MR) is 111 cm³/mol. The number of rotatable bonds is 5. The summed E-state index contributed by atoms with van der Waals surface area (Å²) in [6.45, 7) is 0.841. The van der Waals surface area contributed by atoms with Gasteiger partial charge < -0.3 is 9.64 Å². The molecule has 3 nitrogen and oxygen atoms in total. The molecule has 0 radical (unpaired) electrons. The Morgan fingerprint density at radius 2 is 1.85 bits per heavy atom. The fourth-order valence-corrected chi connectivity index (χ4v) is 4.55. The van der Waals surface area contributed by atoms with E-state index >= 15 is 0 Å². The van der Waals surface area contributed by atoms with Gasteiger partial charge in [0, 0.05) is 11.4 Å². The summed E-state index contributed by atoms with van der Waals surface area (Å²) in [7, 11) is 1.67. The van der Waals surface area contributed by atoms with E-state index in [9.17, 15) is 4.79 Å². The lowest BCUT2D eigenvalue weighted by molar-refractivity contribution is -0.129. The number of likely N-dealkylation sites (tertiary alicyclic amines) is 1. The Morgan fingerprint density at radius 3 is 2.63 bits per heavy atom. The van der Waals surface area contributed by atoms with E-state index in [0.29, 0.717) is 5.75 Å². The van der Waals surface area contributed by atoms with E-state index in [0.717, 1.165) is 30.0 Å². The van der Waals surface area contributed by atoms with Crippen LogP contribution < -0.4 is 4.74 Å². The highest BCUT2D eigenvalue weighted by atomic mass is 32.2. The van der Waals surface area contributed by atoms with Crippen molar-refractivity contribution in [3.63, 3.8) is 0 Å². The number of ether oxygens (including phenoxy) is 1. The monoisotopic (exact) mass is 377 g/mol. The van der Waals surface area contributed by atoms with Crippen molar-refractivity contribution in [1.82, 2.24) is 4.90 Å². The maximum Gasteiger partial charge on any atom is 0.233 e. The summed E-state index contributed by atoms with van der Waals surface area (Å²) in [5.41, 5.74) is 1.19. The van der Waals surface area contributed by atoms with Crippen LogP contribution in [0.15, 0.2) is 71.6 Å². The zero-order valence-electron chi connectivity index (χ0n) is 15.4. The Morgan fingerprint density at radius 1 is 1.07 bits per heavy atom. The molecule has 1 heterocycles. The number of hydrogen-bond donors (Lipinski definition) is 0. The van der Waals surface area contributed by atoms with E-state index < -0.39 is 0 Å². The number of amides is 1. The molecular weight excluding hydrogens is 354 g/mol. The lowest BCUT2D eigenvalue weighted by Gasteiger charge is -2.25. The van der Waals surface area contributed by atoms with Crippen LogP contribution in [-0.2, 0) is 4.79 Å². The average molecular weight is 378 g/mol. The minimum Gasteiger partial charge on any atom is -0.497 e. The Hall–Kier alpha value is -2.46. The summed E-state index contributed by atoms with van der Waals surface area (Å²) in [6.07, 6.45) is 2.09. The Kier molecular flexibility index (Phi) is 5.35. The van der Waals surface area contributed by atoms with Gasteiger partial charge in [-0.1, -0.05) is 42.5 Å². The zero-order chi connectivity index (χ0) is 18.6. The molecule has 0 saturated carbocycles. The van der Waals surface area contributed by atoms with Crippen molar-refractivity contribution < 1.29 is 9.53 Å². The molecule has 1 amide bonds. The lowest BCUT2D eigenvalue weighted by atomic mass is 10.0. The fourth-order valence-electron chi connectivity index (χ4n) is 3.72. The van der Waals surface area contributed by atoms with E-state index in [1.807, 2.05) is 29.2 Å². The van der Waals surface area contributed by atoms with Gasteiger partial charge in [-0.25, -0.2) is 0 Å². The summed E-state index contributed by atoms with van der Waals surface area (Å²) < 4.78 is 5.24. The number of benzene rings is 3. The van der Waals surface area contributed by atoms with Crippen molar-refractivity contribution in [1.29, 1.82) is 0 Å². The van der Waals surface area contributed by atoms with Gasteiger partial charge in [-0.15, -0.1) is 11.8 Å². The van der Waals surface area contributed by atoms with Gasteiger partial charge in [0.2, 0.25) is 5.91 Å². The number of methoxy groups -OCH3 is 1. The molecule has 4 heteroatoms. The number of fused-ring (bicyclic) bond motifs is 1. The van der Waals surface area contributed by atoms with E-state index in [-0.39, 0.29) is 11.9 Å². The first-order valence-electron chi connectivity index (χ1n) is 9.29. The molecule has 3 aromatic rings. The molecule has 4 rings (SSSR count). The van der Waals surface area contributed by atoms with Crippen LogP contribution >= 0.6 is 11.8 Å². The smallest absolute Gasteiger partial charge is 0.233 e. The molecule has 3 aromatic carbocycles. The highest BCUT2D eigenvalue weighted by molar-refractivity contribution is 8.00. The maximum absolute atomic E-state index is 12.9. The summed E-state index contributed by atoms with van der Waals surface area (Å²) in [5.74, 6) is 1.54. The van der Waals surface area contributed by atoms with Crippen LogP contribution in [0.3, 0.4) is 0 Å². The molecule has 138 valence electrons. The van der Waals surface area contributed by atoms with Crippen molar-refractivity contribution >= 4 is 28.4 Å². The molecule has 0 bridgehead atoms. The second-order valence-corrected chi connectivity index (χ2v) is 7.86. The molecule has 0 aliphatic carbocycles. The van der Waals surface area contributed by atoms with Crippen LogP contribution in [0.1, 0.15) is 24.4 Å². The first-order valence-corrected chi connectivity index (χ1v) is 10.3. The van der Waals surface area contributed by atoms with Crippen molar-refractivity contribution in [2.45, 2.75) is 23.8 Å². The number of hydrogen-bond acceptors (Lipinski definition) is 3. The molecule has 1 aliphatic heterocycles. The second kappa shape index (κ2) is 8.05. The molecule has 0 aromatic heterocycles. The van der Waals surface area contributed by atoms with Gasteiger partial charge in [-0.2, -0.15) is 0 Å². The third kappa shape index (κ3) is 3.96. The predicted octanol–water partition coefficient (Wildman–Crippen LogP) is 5.30. The van der Waals surface area contributed by atoms with Gasteiger partial charge in [0.05, 0.1) is 18.9 Å². The summed E-state index contributed by atoms with van der Waals surface area (Å²) in [5, 5.41) is 2.44. The minimum absolute atomic E-state index is 0.181. The van der Waals surface area contributed by atoms with Gasteiger partial charge in [0.25, 0.3) is 0 Å². The van der Waals surface area contributed by atoms with Crippen molar-refractivity contribution in [2.24, 2.45) is 0 Å². The topological polar surface area (TPSA) is 29.5 Å². The molecule has 0 unspecified atom stereocenters. The Labute approximate surface area is 164 Å². The number of nitrogens with zero attached hydrogens (tertiary/aromatic N) is 1. The molecular formula is C23H23NO2S. The van der Waals surface area contributed by atoms with Crippen molar-refractivity contribution in [2.75, 3.05) is 19.4 Å². The highest BCUT2D eigenvalue weighted by Crippen LogP contribution is 2.34. The molecule has 1 aliphatic rings. The van der Waals surface area contributed by atoms with Crippen LogP contribution in [0.2, 0.25) is 0 Å². The van der Waals surface area contributed by atoms with E-state index in [2.05, 4.69) is 42.5 Å². The summed E-state index contributed by atoms with van der Waals surface area (Å²) in [6, 6.07) is 23.0. The number of carbonyl (C=O) groups is 1. The van der Waals surface area contributed by atoms with E-state index in [1.54, 1.807) is 18.9 Å². The minimum atomic E-state index is 0.181. The van der Waals surface area contributed by atoms with E-state index in [1.165, 1.54) is 16.3 Å². The van der Waals surface area contributed by atoms with Crippen LogP contribution in [0, 0.1) is 0 Å². The average Bonchev–Trinajstić information content (AvgIpc) is 3.22. The summed E-state index contributed by atoms with van der Waals surface area (Å²) >= 11 is 1.62.